The van der Waals surface area contributed by atoms with Gasteiger partial charge in [-0.15, -0.1) is 0 Å². The van der Waals surface area contributed by atoms with Crippen LogP contribution in [0.1, 0.15) is 15.9 Å². The van der Waals surface area contributed by atoms with Gasteiger partial charge in [-0.05, 0) is 12.1 Å². The van der Waals surface area contributed by atoms with Gasteiger partial charge in [-0.25, -0.2) is 9.18 Å². The monoisotopic (exact) mass is 199 g/mol. The number of benzene rings is 1. The summed E-state index contributed by atoms with van der Waals surface area (Å²) < 4.78 is 12.8. The van der Waals surface area contributed by atoms with Crippen molar-refractivity contribution in [3.05, 3.63) is 34.1 Å². The fourth-order valence-corrected chi connectivity index (χ4v) is 1.11. The van der Waals surface area contributed by atoms with Gasteiger partial charge in [-0.2, -0.15) is 5.26 Å². The third-order valence-corrected chi connectivity index (χ3v) is 1.82. The van der Waals surface area contributed by atoms with Gasteiger partial charge in [0.05, 0.1) is 10.6 Å². The lowest BCUT2D eigenvalue weighted by atomic mass is 10.1. The standard InChI is InChI=1S/C8H3ClFNO2/c9-7-4(3-11)1-2-5(10)6(7)8(12)13/h1-2H,(H,12,13). The zero-order valence-corrected chi connectivity index (χ0v) is 6.97. The molecule has 1 aromatic rings. The van der Waals surface area contributed by atoms with Crippen LogP contribution in [0.5, 0.6) is 0 Å². The van der Waals surface area contributed by atoms with E-state index < -0.39 is 17.3 Å². The number of carboxylic acid groups (broad SMARTS) is 1. The van der Waals surface area contributed by atoms with E-state index in [1.165, 1.54) is 0 Å². The zero-order valence-electron chi connectivity index (χ0n) is 6.21. The van der Waals surface area contributed by atoms with Crippen molar-refractivity contribution in [1.82, 2.24) is 0 Å². The number of halogens is 2. The number of carbonyl (C=O) groups is 1. The summed E-state index contributed by atoms with van der Waals surface area (Å²) in [7, 11) is 0. The average Bonchev–Trinajstić information content (AvgIpc) is 2.04. The summed E-state index contributed by atoms with van der Waals surface area (Å²) >= 11 is 5.47. The van der Waals surface area contributed by atoms with Crippen molar-refractivity contribution >= 4 is 17.6 Å². The average molecular weight is 200 g/mol. The van der Waals surface area contributed by atoms with E-state index >= 15 is 0 Å². The molecule has 0 bridgehead atoms. The number of hydrogen-bond acceptors (Lipinski definition) is 2. The van der Waals surface area contributed by atoms with E-state index in [-0.39, 0.29) is 10.6 Å². The topological polar surface area (TPSA) is 61.1 Å². The molecule has 0 heterocycles. The molecule has 0 fully saturated rings. The van der Waals surface area contributed by atoms with E-state index in [0.29, 0.717) is 0 Å². The molecule has 1 rings (SSSR count). The van der Waals surface area contributed by atoms with Gasteiger partial charge in [-0.3, -0.25) is 0 Å². The maximum absolute atomic E-state index is 12.8. The number of nitriles is 1. The zero-order chi connectivity index (χ0) is 10.0. The Morgan fingerprint density at radius 2 is 2.23 bits per heavy atom. The SMILES string of the molecule is N#Cc1ccc(F)c(C(=O)O)c1Cl. The number of nitrogens with zero attached hydrogens (tertiary/aromatic N) is 1. The van der Waals surface area contributed by atoms with Crippen LogP contribution in [0.3, 0.4) is 0 Å². The highest BCUT2D eigenvalue weighted by atomic mass is 35.5. The van der Waals surface area contributed by atoms with Gasteiger partial charge in [0.2, 0.25) is 0 Å². The second-order valence-corrected chi connectivity index (χ2v) is 2.58. The molecule has 3 nitrogen and oxygen atoms in total. The molecule has 0 radical (unpaired) electrons. The van der Waals surface area contributed by atoms with Crippen molar-refractivity contribution in [3.8, 4) is 6.07 Å². The summed E-state index contributed by atoms with van der Waals surface area (Å²) in [6.07, 6.45) is 0. The number of aromatic carboxylic acids is 1. The van der Waals surface area contributed by atoms with E-state index in [2.05, 4.69) is 0 Å². The van der Waals surface area contributed by atoms with Crippen molar-refractivity contribution in [2.45, 2.75) is 0 Å². The second-order valence-electron chi connectivity index (χ2n) is 2.20. The minimum absolute atomic E-state index is 0.0551. The highest BCUT2D eigenvalue weighted by Gasteiger charge is 2.17. The Morgan fingerprint density at radius 3 is 2.69 bits per heavy atom. The minimum atomic E-state index is -1.49. The molecule has 0 spiro atoms. The van der Waals surface area contributed by atoms with Crippen LogP contribution in [0.2, 0.25) is 5.02 Å². The first kappa shape index (κ1) is 9.49. The van der Waals surface area contributed by atoms with Crippen LogP contribution < -0.4 is 0 Å². The Labute approximate surface area is 78.0 Å². The van der Waals surface area contributed by atoms with Gasteiger partial charge in [0.1, 0.15) is 17.4 Å². The molecule has 0 saturated carbocycles. The molecule has 5 heteroatoms. The summed E-state index contributed by atoms with van der Waals surface area (Å²) in [5, 5.41) is 16.6. The van der Waals surface area contributed by atoms with Crippen LogP contribution in [-0.2, 0) is 0 Å². The summed E-state index contributed by atoms with van der Waals surface area (Å²) in [4.78, 5) is 10.5. The largest absolute Gasteiger partial charge is 0.478 e. The molecule has 0 atom stereocenters. The highest BCUT2D eigenvalue weighted by Crippen LogP contribution is 2.23. The van der Waals surface area contributed by atoms with E-state index in [0.717, 1.165) is 12.1 Å². The maximum Gasteiger partial charge on any atom is 0.340 e. The van der Waals surface area contributed by atoms with Crippen LogP contribution in [0.25, 0.3) is 0 Å². The first-order valence-corrected chi connectivity index (χ1v) is 3.57. The molecule has 0 aliphatic heterocycles. The predicted molar refractivity (Wildman–Crippen MR) is 43.1 cm³/mol. The molecule has 13 heavy (non-hydrogen) atoms. The van der Waals surface area contributed by atoms with E-state index in [9.17, 15) is 9.18 Å². The van der Waals surface area contributed by atoms with Crippen molar-refractivity contribution < 1.29 is 14.3 Å². The quantitative estimate of drug-likeness (QED) is 0.753. The molecule has 0 saturated heterocycles. The lowest BCUT2D eigenvalue weighted by Gasteiger charge is -2.00. The molecule has 0 aliphatic carbocycles. The first-order valence-electron chi connectivity index (χ1n) is 3.19. The summed E-state index contributed by atoms with van der Waals surface area (Å²) in [5.74, 6) is -2.43. The van der Waals surface area contributed by atoms with Crippen molar-refractivity contribution in [1.29, 1.82) is 5.26 Å². The van der Waals surface area contributed by atoms with Crippen LogP contribution in [0, 0.1) is 17.1 Å². The third kappa shape index (κ3) is 1.60. The van der Waals surface area contributed by atoms with Crippen molar-refractivity contribution in [3.63, 3.8) is 0 Å². The van der Waals surface area contributed by atoms with Gasteiger partial charge in [0, 0.05) is 0 Å². The Balaban J connectivity index is 3.50. The van der Waals surface area contributed by atoms with E-state index in [4.69, 9.17) is 22.0 Å². The molecule has 1 N–H and O–H groups in total. The lowest BCUT2D eigenvalue weighted by Crippen LogP contribution is -2.02. The smallest absolute Gasteiger partial charge is 0.340 e. The number of carboxylic acids is 1. The van der Waals surface area contributed by atoms with Crippen LogP contribution in [-0.4, -0.2) is 11.1 Å². The molecule has 0 unspecified atom stereocenters. The third-order valence-electron chi connectivity index (χ3n) is 1.43. The minimum Gasteiger partial charge on any atom is -0.478 e. The molecule has 0 amide bonds. The van der Waals surface area contributed by atoms with Crippen LogP contribution >= 0.6 is 11.6 Å². The van der Waals surface area contributed by atoms with E-state index in [1.807, 2.05) is 0 Å². The van der Waals surface area contributed by atoms with Gasteiger partial charge in [0.25, 0.3) is 0 Å². The summed E-state index contributed by atoms with van der Waals surface area (Å²) in [6.45, 7) is 0. The fraction of sp³-hybridized carbons (Fsp3) is 0. The van der Waals surface area contributed by atoms with Crippen LogP contribution in [0.4, 0.5) is 4.39 Å². The Kier molecular flexibility index (Phi) is 2.49. The first-order chi connectivity index (χ1) is 6.07. The highest BCUT2D eigenvalue weighted by molar-refractivity contribution is 6.34. The van der Waals surface area contributed by atoms with Crippen LogP contribution in [0.15, 0.2) is 12.1 Å². The maximum atomic E-state index is 12.8. The van der Waals surface area contributed by atoms with Gasteiger partial charge < -0.3 is 5.11 Å². The lowest BCUT2D eigenvalue weighted by molar-refractivity contribution is 0.0692. The predicted octanol–water partition coefficient (Wildman–Crippen LogP) is 2.05. The van der Waals surface area contributed by atoms with Crippen molar-refractivity contribution in [2.75, 3.05) is 0 Å². The van der Waals surface area contributed by atoms with E-state index in [1.54, 1.807) is 6.07 Å². The fourth-order valence-electron chi connectivity index (χ4n) is 0.835. The van der Waals surface area contributed by atoms with Crippen molar-refractivity contribution in [2.24, 2.45) is 0 Å². The Morgan fingerprint density at radius 1 is 1.62 bits per heavy atom. The number of hydrogen-bond donors (Lipinski definition) is 1. The molecule has 0 aliphatic rings. The Hall–Kier alpha value is -1.60. The molecule has 1 aromatic carbocycles. The van der Waals surface area contributed by atoms with Gasteiger partial charge in [0.15, 0.2) is 0 Å². The summed E-state index contributed by atoms with van der Waals surface area (Å²) in [6, 6.07) is 3.68. The molecular weight excluding hydrogens is 197 g/mol. The Bertz CT molecular complexity index is 411. The second kappa shape index (κ2) is 3.42. The molecule has 0 aromatic heterocycles. The number of rotatable bonds is 1. The van der Waals surface area contributed by atoms with Gasteiger partial charge >= 0.3 is 5.97 Å². The summed E-state index contributed by atoms with van der Waals surface area (Å²) in [5.41, 5.74) is -0.721. The molecular formula is C8H3ClFNO2. The van der Waals surface area contributed by atoms with Gasteiger partial charge in [-0.1, -0.05) is 11.6 Å². The normalized spacial score (nSPS) is 9.31. The molecule has 66 valence electrons.